The zero-order valence-electron chi connectivity index (χ0n) is 19.0. The second kappa shape index (κ2) is 8.35. The van der Waals surface area contributed by atoms with Gasteiger partial charge in [0.05, 0.1) is 10.9 Å². The number of hydrazone groups is 1. The minimum absolute atomic E-state index is 0.0859. The van der Waals surface area contributed by atoms with Crippen LogP contribution in [-0.4, -0.2) is 34.2 Å². The number of rotatable bonds is 5. The van der Waals surface area contributed by atoms with E-state index in [2.05, 4.69) is 5.10 Å². The Kier molecular flexibility index (Phi) is 5.44. The first-order valence-corrected chi connectivity index (χ1v) is 12.4. The molecule has 2 heterocycles. The molecule has 0 radical (unpaired) electrons. The van der Waals surface area contributed by atoms with E-state index in [0.717, 1.165) is 9.98 Å². The zero-order valence-corrected chi connectivity index (χ0v) is 19.8. The van der Waals surface area contributed by atoms with Crippen molar-refractivity contribution in [1.29, 1.82) is 0 Å². The van der Waals surface area contributed by atoms with Crippen molar-refractivity contribution < 1.29 is 22.7 Å². The highest BCUT2D eigenvalue weighted by atomic mass is 32.2. The molecule has 1 aliphatic rings. The van der Waals surface area contributed by atoms with Gasteiger partial charge in [-0.25, -0.2) is 4.39 Å². The van der Waals surface area contributed by atoms with Gasteiger partial charge in [0.2, 0.25) is 0 Å². The summed E-state index contributed by atoms with van der Waals surface area (Å²) in [6, 6.07) is 19.2. The van der Waals surface area contributed by atoms with Gasteiger partial charge in [0.25, 0.3) is 10.0 Å². The maximum atomic E-state index is 14.4. The van der Waals surface area contributed by atoms with Crippen LogP contribution in [0.15, 0.2) is 82.8 Å². The average molecular weight is 492 g/mol. The molecule has 35 heavy (non-hydrogen) atoms. The maximum absolute atomic E-state index is 14.4. The third-order valence-electron chi connectivity index (χ3n) is 6.29. The Balaban J connectivity index is 1.82. The molecule has 178 valence electrons. The van der Waals surface area contributed by atoms with Crippen molar-refractivity contribution in [3.63, 3.8) is 0 Å². The molecule has 0 amide bonds. The number of fused-ring (bicyclic) bond motifs is 2. The third kappa shape index (κ3) is 3.68. The van der Waals surface area contributed by atoms with E-state index in [1.807, 2.05) is 30.3 Å². The Morgan fingerprint density at radius 2 is 1.74 bits per heavy atom. The molecule has 0 fully saturated rings. The van der Waals surface area contributed by atoms with Crippen molar-refractivity contribution in [1.82, 2.24) is 8.98 Å². The highest BCUT2D eigenvalue weighted by molar-refractivity contribution is 7.89. The molecule has 5 rings (SSSR count). The van der Waals surface area contributed by atoms with Gasteiger partial charge >= 0.3 is 5.97 Å². The third-order valence-corrected chi connectivity index (χ3v) is 8.10. The van der Waals surface area contributed by atoms with E-state index in [0.29, 0.717) is 33.4 Å². The van der Waals surface area contributed by atoms with Gasteiger partial charge in [-0.2, -0.15) is 17.9 Å². The summed E-state index contributed by atoms with van der Waals surface area (Å²) in [7, 11) is -3.99. The van der Waals surface area contributed by atoms with Crippen LogP contribution in [0.5, 0.6) is 0 Å². The lowest BCUT2D eigenvalue weighted by molar-refractivity contribution is -0.137. The standard InChI is InChI=1S/C26H22FN3O4S/c1-16(18-8-4-3-5-9-18)30-28-26(20-10-6-7-11-23(20)35(30,33)34)25-17(2)29(15-24(31)32)22-13-12-19(27)14-21(22)25/h3-14,16H,15H2,1-2H3,(H,31,32). The number of hydrogen-bond donors (Lipinski definition) is 1. The van der Waals surface area contributed by atoms with Gasteiger partial charge < -0.3 is 9.67 Å². The summed E-state index contributed by atoms with van der Waals surface area (Å²) in [5, 5.41) is 14.6. The lowest BCUT2D eigenvalue weighted by atomic mass is 9.99. The van der Waals surface area contributed by atoms with Gasteiger partial charge in [0.1, 0.15) is 18.1 Å². The molecule has 1 N–H and O–H groups in total. The highest BCUT2D eigenvalue weighted by Gasteiger charge is 2.38. The van der Waals surface area contributed by atoms with Crippen molar-refractivity contribution >= 4 is 32.6 Å². The molecule has 0 spiro atoms. The maximum Gasteiger partial charge on any atom is 0.323 e. The van der Waals surface area contributed by atoms with E-state index in [9.17, 15) is 22.7 Å². The normalized spacial score (nSPS) is 15.5. The number of aliphatic carboxylic acids is 1. The molecule has 9 heteroatoms. The molecule has 0 saturated carbocycles. The van der Waals surface area contributed by atoms with Crippen LogP contribution in [-0.2, 0) is 21.4 Å². The Hall–Kier alpha value is -3.98. The molecule has 1 aromatic heterocycles. The van der Waals surface area contributed by atoms with Gasteiger partial charge in [0, 0.05) is 27.7 Å². The van der Waals surface area contributed by atoms with Crippen LogP contribution in [0.3, 0.4) is 0 Å². The number of carboxylic acid groups (broad SMARTS) is 1. The van der Waals surface area contributed by atoms with Crippen LogP contribution in [0.2, 0.25) is 0 Å². The Bertz CT molecular complexity index is 1610. The van der Waals surface area contributed by atoms with E-state index in [1.54, 1.807) is 36.6 Å². The molecule has 4 aromatic rings. The second-order valence-corrected chi connectivity index (χ2v) is 10.2. The SMILES string of the molecule is Cc1c(C2=NN(C(C)c3ccccc3)S(=O)(=O)c3ccccc32)c2cc(F)ccc2n1CC(=O)O. The Labute approximate surface area is 201 Å². The van der Waals surface area contributed by atoms with Crippen molar-refractivity contribution in [2.45, 2.75) is 31.3 Å². The molecule has 7 nitrogen and oxygen atoms in total. The Morgan fingerprint density at radius 1 is 1.06 bits per heavy atom. The van der Waals surface area contributed by atoms with Crippen molar-refractivity contribution in [3.05, 3.63) is 101 Å². The largest absolute Gasteiger partial charge is 0.480 e. The van der Waals surface area contributed by atoms with Crippen LogP contribution in [0.4, 0.5) is 4.39 Å². The summed E-state index contributed by atoms with van der Waals surface area (Å²) in [5.41, 5.74) is 3.05. The van der Waals surface area contributed by atoms with Crippen molar-refractivity contribution in [2.24, 2.45) is 5.10 Å². The van der Waals surface area contributed by atoms with E-state index in [1.165, 1.54) is 24.3 Å². The number of halogens is 1. The van der Waals surface area contributed by atoms with E-state index in [4.69, 9.17) is 0 Å². The van der Waals surface area contributed by atoms with Crippen LogP contribution in [0.25, 0.3) is 10.9 Å². The molecule has 1 aliphatic heterocycles. The van der Waals surface area contributed by atoms with Crippen LogP contribution < -0.4 is 0 Å². The monoisotopic (exact) mass is 491 g/mol. The lowest BCUT2D eigenvalue weighted by Gasteiger charge is -2.31. The first-order valence-electron chi connectivity index (χ1n) is 11.0. The molecule has 0 aliphatic carbocycles. The van der Waals surface area contributed by atoms with Crippen LogP contribution in [0, 0.1) is 12.7 Å². The summed E-state index contributed by atoms with van der Waals surface area (Å²) >= 11 is 0. The fourth-order valence-electron chi connectivity index (χ4n) is 4.62. The predicted octanol–water partition coefficient (Wildman–Crippen LogP) is 4.69. The average Bonchev–Trinajstić information content (AvgIpc) is 3.09. The van der Waals surface area contributed by atoms with E-state index in [-0.39, 0.29) is 11.4 Å². The second-order valence-electron chi connectivity index (χ2n) is 8.41. The van der Waals surface area contributed by atoms with Gasteiger partial charge in [-0.1, -0.05) is 48.5 Å². The van der Waals surface area contributed by atoms with Gasteiger partial charge in [0.15, 0.2) is 0 Å². The van der Waals surface area contributed by atoms with E-state index < -0.39 is 27.9 Å². The predicted molar refractivity (Wildman–Crippen MR) is 130 cm³/mol. The fourth-order valence-corrected chi connectivity index (χ4v) is 6.25. The number of carboxylic acids is 1. The van der Waals surface area contributed by atoms with E-state index >= 15 is 0 Å². The number of sulfonamides is 1. The molecule has 1 atom stereocenters. The molecule has 0 saturated heterocycles. The number of carbonyl (C=O) groups is 1. The smallest absolute Gasteiger partial charge is 0.323 e. The number of aromatic nitrogens is 1. The summed E-state index contributed by atoms with van der Waals surface area (Å²) in [6.45, 7) is 3.16. The van der Waals surface area contributed by atoms with Crippen molar-refractivity contribution in [2.75, 3.05) is 0 Å². The fraction of sp³-hybridized carbons (Fsp3) is 0.154. The topological polar surface area (TPSA) is 92.0 Å². The lowest BCUT2D eigenvalue weighted by Crippen LogP contribution is -2.35. The molecular weight excluding hydrogens is 469 g/mol. The first kappa shape index (κ1) is 22.8. The molecular formula is C26H22FN3O4S. The highest BCUT2D eigenvalue weighted by Crippen LogP contribution is 2.38. The number of benzene rings is 3. The van der Waals surface area contributed by atoms with Gasteiger partial charge in [-0.05, 0) is 43.7 Å². The quantitative estimate of drug-likeness (QED) is 0.438. The number of hydrogen-bond acceptors (Lipinski definition) is 4. The molecule has 1 unspecified atom stereocenters. The zero-order chi connectivity index (χ0) is 24.9. The minimum Gasteiger partial charge on any atom is -0.480 e. The summed E-state index contributed by atoms with van der Waals surface area (Å²) in [5.74, 6) is -1.54. The molecule has 0 bridgehead atoms. The van der Waals surface area contributed by atoms with Gasteiger partial charge in [-0.3, -0.25) is 4.79 Å². The summed E-state index contributed by atoms with van der Waals surface area (Å²) < 4.78 is 44.3. The van der Waals surface area contributed by atoms with Crippen LogP contribution in [0.1, 0.15) is 35.3 Å². The number of nitrogens with zero attached hydrogens (tertiary/aromatic N) is 3. The Morgan fingerprint density at radius 3 is 2.46 bits per heavy atom. The summed E-state index contributed by atoms with van der Waals surface area (Å²) in [6.07, 6.45) is 0. The minimum atomic E-state index is -3.99. The first-order chi connectivity index (χ1) is 16.7. The van der Waals surface area contributed by atoms with Gasteiger partial charge in [-0.15, -0.1) is 0 Å². The molecule has 3 aromatic carbocycles. The summed E-state index contributed by atoms with van der Waals surface area (Å²) in [4.78, 5) is 11.7. The van der Waals surface area contributed by atoms with Crippen molar-refractivity contribution in [3.8, 4) is 0 Å². The van der Waals surface area contributed by atoms with Crippen LogP contribution >= 0.6 is 0 Å².